The SMILES string of the molecule is CCCCc1[nH]c2ccccc2c1C1(O)C(=O)C=C(O)C(=O)C1c1c(C(=O)O)[nH]c2ccccc12. The molecule has 4 aromatic rings. The lowest BCUT2D eigenvalue weighted by Crippen LogP contribution is -2.48. The van der Waals surface area contributed by atoms with Crippen molar-refractivity contribution in [2.24, 2.45) is 0 Å². The van der Waals surface area contributed by atoms with Crippen LogP contribution < -0.4 is 0 Å². The Morgan fingerprint density at radius 1 is 1.00 bits per heavy atom. The molecule has 2 heterocycles. The predicted octanol–water partition coefficient (Wildman–Crippen LogP) is 4.26. The van der Waals surface area contributed by atoms with E-state index in [0.29, 0.717) is 33.9 Å². The largest absolute Gasteiger partial charge is 0.504 e. The number of benzene rings is 2. The number of carbonyl (C=O) groups is 3. The Morgan fingerprint density at radius 2 is 1.63 bits per heavy atom. The highest BCUT2D eigenvalue weighted by atomic mass is 16.4. The molecule has 8 heteroatoms. The van der Waals surface area contributed by atoms with Crippen molar-refractivity contribution >= 4 is 39.3 Å². The standard InChI is InChI=1S/C27H24N2O6/c1-2-3-10-18-22(15-9-5-7-12-17(15)28-18)27(35)20(31)13-19(30)25(32)23(27)21-14-8-4-6-11-16(14)29-24(21)26(33)34/h4-9,11-13,23,28-30,35H,2-3,10H2,1H3,(H,33,34). The molecule has 2 atom stereocenters. The molecule has 8 nitrogen and oxygen atoms in total. The molecule has 2 aromatic heterocycles. The molecule has 0 saturated carbocycles. The van der Waals surface area contributed by atoms with Crippen molar-refractivity contribution in [2.45, 2.75) is 37.7 Å². The fourth-order valence-electron chi connectivity index (χ4n) is 5.20. The van der Waals surface area contributed by atoms with Crippen LogP contribution in [-0.2, 0) is 21.6 Å². The van der Waals surface area contributed by atoms with Crippen LogP contribution >= 0.6 is 0 Å². The minimum Gasteiger partial charge on any atom is -0.504 e. The Kier molecular flexibility index (Phi) is 5.33. The third-order valence-electron chi connectivity index (χ3n) is 6.77. The van der Waals surface area contributed by atoms with Crippen molar-refractivity contribution in [3.8, 4) is 0 Å². The van der Waals surface area contributed by atoms with Gasteiger partial charge in [-0.05, 0) is 25.0 Å². The first kappa shape index (κ1) is 22.6. The third-order valence-corrected chi connectivity index (χ3v) is 6.77. The minimum absolute atomic E-state index is 0.0414. The molecule has 1 aliphatic rings. The first-order valence-electron chi connectivity index (χ1n) is 11.4. The second-order valence-corrected chi connectivity index (χ2v) is 8.85. The number of aliphatic hydroxyl groups excluding tert-OH is 1. The maximum absolute atomic E-state index is 13.6. The van der Waals surface area contributed by atoms with Crippen LogP contribution in [0.2, 0.25) is 0 Å². The number of hydrogen-bond donors (Lipinski definition) is 5. The van der Waals surface area contributed by atoms with Crippen LogP contribution in [-0.4, -0.2) is 42.8 Å². The van der Waals surface area contributed by atoms with E-state index >= 15 is 0 Å². The van der Waals surface area contributed by atoms with Gasteiger partial charge < -0.3 is 25.3 Å². The van der Waals surface area contributed by atoms with Gasteiger partial charge in [0.25, 0.3) is 0 Å². The quantitative estimate of drug-likeness (QED) is 0.284. The molecular weight excluding hydrogens is 448 g/mol. The van der Waals surface area contributed by atoms with Crippen LogP contribution in [0.1, 0.15) is 53.0 Å². The topological polar surface area (TPSA) is 143 Å². The normalized spacial score (nSPS) is 20.5. The zero-order valence-corrected chi connectivity index (χ0v) is 19.0. The number of allylic oxidation sites excluding steroid dienone is 1. The zero-order chi connectivity index (χ0) is 24.9. The van der Waals surface area contributed by atoms with Gasteiger partial charge in [0.05, 0.1) is 5.92 Å². The summed E-state index contributed by atoms with van der Waals surface area (Å²) in [7, 11) is 0. The number of para-hydroxylation sites is 2. The van der Waals surface area contributed by atoms with E-state index < -0.39 is 34.8 Å². The number of unbranched alkanes of at least 4 members (excludes halogenated alkanes) is 1. The van der Waals surface area contributed by atoms with Crippen LogP contribution in [0.15, 0.2) is 60.4 Å². The summed E-state index contributed by atoms with van der Waals surface area (Å²) >= 11 is 0. The van der Waals surface area contributed by atoms with Crippen molar-refractivity contribution in [3.05, 3.63) is 82.9 Å². The van der Waals surface area contributed by atoms with Crippen molar-refractivity contribution in [2.75, 3.05) is 0 Å². The molecule has 0 bridgehead atoms. The van der Waals surface area contributed by atoms with Gasteiger partial charge >= 0.3 is 5.97 Å². The molecule has 0 spiro atoms. The Hall–Kier alpha value is -4.17. The highest BCUT2D eigenvalue weighted by Gasteiger charge is 2.56. The Labute approximate surface area is 199 Å². The molecule has 0 aliphatic heterocycles. The molecule has 2 unspecified atom stereocenters. The number of rotatable bonds is 6. The molecule has 1 aliphatic carbocycles. The lowest BCUT2D eigenvalue weighted by Gasteiger charge is -2.37. The van der Waals surface area contributed by atoms with E-state index in [2.05, 4.69) is 9.97 Å². The summed E-state index contributed by atoms with van der Waals surface area (Å²) in [5, 5.41) is 33.6. The van der Waals surface area contributed by atoms with Crippen molar-refractivity contribution in [3.63, 3.8) is 0 Å². The molecule has 0 saturated heterocycles. The fraction of sp³-hybridized carbons (Fsp3) is 0.222. The summed E-state index contributed by atoms with van der Waals surface area (Å²) < 4.78 is 0. The molecule has 0 fully saturated rings. The molecule has 5 rings (SSSR count). The van der Waals surface area contributed by atoms with Crippen LogP contribution in [0.5, 0.6) is 0 Å². The number of aromatic nitrogens is 2. The molecule has 2 aromatic carbocycles. The van der Waals surface area contributed by atoms with E-state index in [1.54, 1.807) is 36.4 Å². The van der Waals surface area contributed by atoms with E-state index in [-0.39, 0.29) is 16.8 Å². The maximum Gasteiger partial charge on any atom is 0.352 e. The fourth-order valence-corrected chi connectivity index (χ4v) is 5.20. The average Bonchev–Trinajstić information content (AvgIpc) is 3.41. The van der Waals surface area contributed by atoms with Crippen LogP contribution in [0.4, 0.5) is 0 Å². The van der Waals surface area contributed by atoms with E-state index in [0.717, 1.165) is 18.9 Å². The smallest absolute Gasteiger partial charge is 0.352 e. The van der Waals surface area contributed by atoms with Crippen LogP contribution in [0.25, 0.3) is 21.8 Å². The monoisotopic (exact) mass is 472 g/mol. The number of H-pyrrole nitrogens is 2. The van der Waals surface area contributed by atoms with E-state index in [1.807, 2.05) is 19.1 Å². The van der Waals surface area contributed by atoms with E-state index in [4.69, 9.17) is 0 Å². The Bertz CT molecular complexity index is 1540. The number of fused-ring (bicyclic) bond motifs is 2. The van der Waals surface area contributed by atoms with Gasteiger partial charge in [0.2, 0.25) is 5.78 Å². The first-order chi connectivity index (χ1) is 16.8. The number of ketones is 2. The molecule has 35 heavy (non-hydrogen) atoms. The number of Topliss-reactive ketones (excluding diaryl/α,β-unsaturated/α-hetero) is 1. The molecule has 178 valence electrons. The second kappa shape index (κ2) is 8.25. The summed E-state index contributed by atoms with van der Waals surface area (Å²) in [5.41, 5.74) is -0.871. The van der Waals surface area contributed by atoms with Gasteiger partial charge in [-0.15, -0.1) is 0 Å². The van der Waals surface area contributed by atoms with Gasteiger partial charge in [-0.25, -0.2) is 4.79 Å². The van der Waals surface area contributed by atoms with E-state index in [9.17, 15) is 29.7 Å². The molecule has 0 amide bonds. The number of aryl methyl sites for hydroxylation is 1. The second-order valence-electron chi connectivity index (χ2n) is 8.85. The summed E-state index contributed by atoms with van der Waals surface area (Å²) in [6, 6.07) is 13.8. The Balaban J connectivity index is 1.89. The van der Waals surface area contributed by atoms with Crippen molar-refractivity contribution in [1.82, 2.24) is 9.97 Å². The highest BCUT2D eigenvalue weighted by molar-refractivity contribution is 6.18. The lowest BCUT2D eigenvalue weighted by atomic mass is 9.67. The summed E-state index contributed by atoms with van der Waals surface area (Å²) in [6.45, 7) is 2.01. The molecule has 5 N–H and O–H groups in total. The number of hydrogen-bond acceptors (Lipinski definition) is 5. The maximum atomic E-state index is 13.6. The lowest BCUT2D eigenvalue weighted by molar-refractivity contribution is -0.145. The highest BCUT2D eigenvalue weighted by Crippen LogP contribution is 2.49. The van der Waals surface area contributed by atoms with E-state index in [1.165, 1.54) is 0 Å². The number of carboxylic acids is 1. The number of aliphatic hydroxyl groups is 2. The summed E-state index contributed by atoms with van der Waals surface area (Å²) in [5.74, 6) is -5.66. The van der Waals surface area contributed by atoms with Gasteiger partial charge in [-0.3, -0.25) is 9.59 Å². The van der Waals surface area contributed by atoms with Gasteiger partial charge in [0.15, 0.2) is 17.1 Å². The predicted molar refractivity (Wildman–Crippen MR) is 130 cm³/mol. The minimum atomic E-state index is -2.44. The van der Waals surface area contributed by atoms with Crippen LogP contribution in [0, 0.1) is 0 Å². The van der Waals surface area contributed by atoms with Crippen molar-refractivity contribution in [1.29, 1.82) is 0 Å². The number of carboxylic acid groups (broad SMARTS) is 1. The first-order valence-corrected chi connectivity index (χ1v) is 11.4. The summed E-state index contributed by atoms with van der Waals surface area (Å²) in [4.78, 5) is 45.4. The van der Waals surface area contributed by atoms with Gasteiger partial charge in [-0.1, -0.05) is 49.7 Å². The van der Waals surface area contributed by atoms with Gasteiger partial charge in [-0.2, -0.15) is 0 Å². The average molecular weight is 472 g/mol. The number of carbonyl (C=O) groups excluding carboxylic acids is 2. The van der Waals surface area contributed by atoms with Crippen LogP contribution in [0.3, 0.4) is 0 Å². The number of nitrogens with one attached hydrogen (secondary N) is 2. The zero-order valence-electron chi connectivity index (χ0n) is 19.0. The Morgan fingerprint density at radius 3 is 2.29 bits per heavy atom. The number of aromatic carboxylic acids is 1. The number of aromatic amines is 2. The van der Waals surface area contributed by atoms with Gasteiger partial charge in [0, 0.05) is 44.7 Å². The molecular formula is C27H24N2O6. The summed E-state index contributed by atoms with van der Waals surface area (Å²) in [6.07, 6.45) is 2.86. The van der Waals surface area contributed by atoms with Crippen molar-refractivity contribution < 1.29 is 29.7 Å². The third kappa shape index (κ3) is 3.29. The molecule has 0 radical (unpaired) electrons. The van der Waals surface area contributed by atoms with Gasteiger partial charge in [0.1, 0.15) is 5.69 Å².